The zero-order valence-electron chi connectivity index (χ0n) is 8.99. The van der Waals surface area contributed by atoms with E-state index in [-0.39, 0.29) is 6.61 Å². The molecule has 0 radical (unpaired) electrons. The van der Waals surface area contributed by atoms with E-state index in [0.717, 1.165) is 39.1 Å². The summed E-state index contributed by atoms with van der Waals surface area (Å²) in [4.78, 5) is 4.83. The normalized spacial score (nSPS) is 20.6. The zero-order valence-corrected chi connectivity index (χ0v) is 8.99. The highest BCUT2D eigenvalue weighted by molar-refractivity contribution is 4.73. The van der Waals surface area contributed by atoms with Crippen LogP contribution in [0.5, 0.6) is 0 Å². The van der Waals surface area contributed by atoms with E-state index in [9.17, 15) is 0 Å². The van der Waals surface area contributed by atoms with Gasteiger partial charge in [-0.1, -0.05) is 6.08 Å². The molecule has 0 aromatic rings. The molecule has 0 aromatic carbocycles. The average Bonchev–Trinajstić information content (AvgIpc) is 2.41. The Morgan fingerprint density at radius 1 is 1.07 bits per heavy atom. The molecule has 0 bridgehead atoms. The lowest BCUT2D eigenvalue weighted by Gasteiger charge is -2.20. The summed E-state index contributed by atoms with van der Waals surface area (Å²) in [5, 5.41) is 8.85. The molecule has 82 valence electrons. The molecule has 1 fully saturated rings. The Labute approximate surface area is 87.0 Å². The predicted octanol–water partition coefficient (Wildman–Crippen LogP) is 0.562. The number of β-amino-alcohol motifs (C(OH)–C–C–N with tert-alkyl or cyclic N) is 1. The summed E-state index contributed by atoms with van der Waals surface area (Å²) in [5.74, 6) is 0. The van der Waals surface area contributed by atoms with Gasteiger partial charge in [0.2, 0.25) is 0 Å². The van der Waals surface area contributed by atoms with Gasteiger partial charge in [0.25, 0.3) is 0 Å². The first-order valence-corrected chi connectivity index (χ1v) is 5.53. The number of hydrogen-bond donors (Lipinski definition) is 1. The molecule has 1 rings (SSSR count). The number of aliphatic hydroxyl groups is 1. The van der Waals surface area contributed by atoms with Gasteiger partial charge in [0.1, 0.15) is 0 Å². The standard InChI is InChI=1S/C11H22N2O/c1-2-3-5-12-6-4-7-13(9-8-12)10-11-14/h2,14H,1,3-11H2. The van der Waals surface area contributed by atoms with Crippen molar-refractivity contribution < 1.29 is 5.11 Å². The molecule has 0 atom stereocenters. The van der Waals surface area contributed by atoms with E-state index in [1.807, 2.05) is 6.08 Å². The molecule has 0 aromatic heterocycles. The van der Waals surface area contributed by atoms with Crippen LogP contribution in [0.1, 0.15) is 12.8 Å². The summed E-state index contributed by atoms with van der Waals surface area (Å²) < 4.78 is 0. The van der Waals surface area contributed by atoms with Crippen molar-refractivity contribution >= 4 is 0 Å². The van der Waals surface area contributed by atoms with E-state index in [1.54, 1.807) is 0 Å². The molecule has 1 saturated heterocycles. The molecule has 1 heterocycles. The molecule has 0 amide bonds. The van der Waals surface area contributed by atoms with Gasteiger partial charge in [0.05, 0.1) is 6.61 Å². The van der Waals surface area contributed by atoms with E-state index in [1.165, 1.54) is 13.0 Å². The lowest BCUT2D eigenvalue weighted by Crippen LogP contribution is -2.32. The summed E-state index contributed by atoms with van der Waals surface area (Å²) in [5.41, 5.74) is 0. The number of rotatable bonds is 5. The molecule has 14 heavy (non-hydrogen) atoms. The molecule has 1 aliphatic rings. The minimum absolute atomic E-state index is 0.284. The topological polar surface area (TPSA) is 26.7 Å². The van der Waals surface area contributed by atoms with Gasteiger partial charge in [-0.15, -0.1) is 6.58 Å². The summed E-state index contributed by atoms with van der Waals surface area (Å²) >= 11 is 0. The van der Waals surface area contributed by atoms with Gasteiger partial charge >= 0.3 is 0 Å². The van der Waals surface area contributed by atoms with Crippen LogP contribution in [0.4, 0.5) is 0 Å². The summed E-state index contributed by atoms with van der Waals surface area (Å²) in [6.45, 7) is 10.5. The van der Waals surface area contributed by atoms with Gasteiger partial charge < -0.3 is 10.0 Å². The van der Waals surface area contributed by atoms with Crippen LogP contribution in [-0.4, -0.2) is 60.8 Å². The highest BCUT2D eigenvalue weighted by atomic mass is 16.3. The minimum atomic E-state index is 0.284. The highest BCUT2D eigenvalue weighted by Crippen LogP contribution is 2.03. The number of hydrogen-bond acceptors (Lipinski definition) is 3. The summed E-state index contributed by atoms with van der Waals surface area (Å²) in [6, 6.07) is 0. The van der Waals surface area contributed by atoms with E-state index >= 15 is 0 Å². The van der Waals surface area contributed by atoms with Gasteiger partial charge in [-0.3, -0.25) is 4.90 Å². The second-order valence-corrected chi connectivity index (χ2v) is 3.84. The first-order valence-electron chi connectivity index (χ1n) is 5.53. The largest absolute Gasteiger partial charge is 0.395 e. The SMILES string of the molecule is C=CCCN1CCCN(CCO)CC1. The second-order valence-electron chi connectivity index (χ2n) is 3.84. The molecule has 0 spiro atoms. The monoisotopic (exact) mass is 198 g/mol. The molecule has 3 heteroatoms. The molecular formula is C11H22N2O. The molecular weight excluding hydrogens is 176 g/mol. The fraction of sp³-hybridized carbons (Fsp3) is 0.818. The van der Waals surface area contributed by atoms with Crippen molar-refractivity contribution in [2.45, 2.75) is 12.8 Å². The van der Waals surface area contributed by atoms with Crippen LogP contribution < -0.4 is 0 Å². The fourth-order valence-electron chi connectivity index (χ4n) is 1.89. The van der Waals surface area contributed by atoms with E-state index in [0.29, 0.717) is 0 Å². The second kappa shape index (κ2) is 6.98. The Kier molecular flexibility index (Phi) is 5.83. The average molecular weight is 198 g/mol. The number of nitrogens with zero attached hydrogens (tertiary/aromatic N) is 2. The van der Waals surface area contributed by atoms with E-state index < -0.39 is 0 Å². The maximum atomic E-state index is 8.85. The van der Waals surface area contributed by atoms with Crippen molar-refractivity contribution in [1.82, 2.24) is 9.80 Å². The van der Waals surface area contributed by atoms with Crippen LogP contribution in [-0.2, 0) is 0 Å². The molecule has 1 aliphatic heterocycles. The summed E-state index contributed by atoms with van der Waals surface area (Å²) in [6.07, 6.45) is 4.29. The van der Waals surface area contributed by atoms with Crippen LogP contribution in [0, 0.1) is 0 Å². The van der Waals surface area contributed by atoms with Crippen molar-refractivity contribution in [2.24, 2.45) is 0 Å². The van der Waals surface area contributed by atoms with Gasteiger partial charge in [-0.25, -0.2) is 0 Å². The quantitative estimate of drug-likeness (QED) is 0.654. The van der Waals surface area contributed by atoms with Crippen LogP contribution in [0.2, 0.25) is 0 Å². The fourth-order valence-corrected chi connectivity index (χ4v) is 1.89. The lowest BCUT2D eigenvalue weighted by atomic mass is 10.3. The van der Waals surface area contributed by atoms with Crippen LogP contribution in [0.15, 0.2) is 12.7 Å². The molecule has 3 nitrogen and oxygen atoms in total. The third kappa shape index (κ3) is 4.22. The van der Waals surface area contributed by atoms with Gasteiger partial charge in [0.15, 0.2) is 0 Å². The Morgan fingerprint density at radius 3 is 2.29 bits per heavy atom. The first kappa shape index (κ1) is 11.7. The van der Waals surface area contributed by atoms with Crippen LogP contribution in [0.3, 0.4) is 0 Å². The van der Waals surface area contributed by atoms with E-state index in [2.05, 4.69) is 16.4 Å². The van der Waals surface area contributed by atoms with Crippen LogP contribution in [0.25, 0.3) is 0 Å². The van der Waals surface area contributed by atoms with Gasteiger partial charge in [0, 0.05) is 26.2 Å². The zero-order chi connectivity index (χ0) is 10.2. The smallest absolute Gasteiger partial charge is 0.0558 e. The van der Waals surface area contributed by atoms with E-state index in [4.69, 9.17) is 5.11 Å². The maximum Gasteiger partial charge on any atom is 0.0558 e. The third-order valence-corrected chi connectivity index (χ3v) is 2.75. The van der Waals surface area contributed by atoms with Crippen molar-refractivity contribution in [3.8, 4) is 0 Å². The maximum absolute atomic E-state index is 8.85. The Balaban J connectivity index is 2.22. The number of aliphatic hydroxyl groups excluding tert-OH is 1. The van der Waals surface area contributed by atoms with Gasteiger partial charge in [-0.2, -0.15) is 0 Å². The Bertz CT molecular complexity index is 161. The predicted molar refractivity (Wildman–Crippen MR) is 59.4 cm³/mol. The van der Waals surface area contributed by atoms with Crippen molar-refractivity contribution in [3.63, 3.8) is 0 Å². The Morgan fingerprint density at radius 2 is 1.71 bits per heavy atom. The van der Waals surface area contributed by atoms with Gasteiger partial charge in [-0.05, 0) is 25.9 Å². The van der Waals surface area contributed by atoms with Crippen LogP contribution >= 0.6 is 0 Å². The summed E-state index contributed by atoms with van der Waals surface area (Å²) in [7, 11) is 0. The molecule has 0 aliphatic carbocycles. The van der Waals surface area contributed by atoms with Crippen molar-refractivity contribution in [2.75, 3.05) is 45.9 Å². The first-order chi connectivity index (χ1) is 6.86. The third-order valence-electron chi connectivity index (χ3n) is 2.75. The molecule has 0 unspecified atom stereocenters. The Hall–Kier alpha value is -0.380. The van der Waals surface area contributed by atoms with Crippen molar-refractivity contribution in [3.05, 3.63) is 12.7 Å². The lowest BCUT2D eigenvalue weighted by molar-refractivity contribution is 0.197. The molecule has 1 N–H and O–H groups in total. The minimum Gasteiger partial charge on any atom is -0.395 e. The highest BCUT2D eigenvalue weighted by Gasteiger charge is 2.12. The van der Waals surface area contributed by atoms with Crippen molar-refractivity contribution in [1.29, 1.82) is 0 Å². The molecule has 0 saturated carbocycles.